The molecule has 0 bridgehead atoms. The molecule has 0 aliphatic heterocycles. The second kappa shape index (κ2) is 7.34. The smallest absolute Gasteiger partial charge is 0.343 e. The van der Waals surface area contributed by atoms with Crippen molar-refractivity contribution in [3.05, 3.63) is 65.0 Å². The summed E-state index contributed by atoms with van der Waals surface area (Å²) in [5.41, 5.74) is -0.177. The minimum Gasteiger partial charge on any atom is -0.493 e. The molecule has 0 N–H and O–H groups in total. The molecule has 9 heteroatoms. The Morgan fingerprint density at radius 3 is 1.75 bits per heavy atom. The summed E-state index contributed by atoms with van der Waals surface area (Å²) in [5, 5.41) is 1.13. The zero-order valence-corrected chi connectivity index (χ0v) is 14.4. The van der Waals surface area contributed by atoms with Crippen LogP contribution in [0.25, 0.3) is 10.8 Å². The van der Waals surface area contributed by atoms with E-state index < -0.39 is 40.8 Å². The lowest BCUT2D eigenvalue weighted by Gasteiger charge is -2.11. The van der Waals surface area contributed by atoms with Crippen molar-refractivity contribution in [3.8, 4) is 17.2 Å². The monoisotopic (exact) mass is 398 g/mol. The third-order valence-corrected chi connectivity index (χ3v) is 3.94. The van der Waals surface area contributed by atoms with E-state index in [1.165, 1.54) is 32.4 Å². The van der Waals surface area contributed by atoms with Crippen molar-refractivity contribution in [2.75, 3.05) is 14.2 Å². The lowest BCUT2D eigenvalue weighted by atomic mass is 10.1. The summed E-state index contributed by atoms with van der Waals surface area (Å²) >= 11 is 0. The number of rotatable bonds is 4. The van der Waals surface area contributed by atoms with Gasteiger partial charge in [-0.2, -0.15) is 8.78 Å². The molecule has 0 spiro atoms. The average molecular weight is 398 g/mol. The molecule has 4 nitrogen and oxygen atoms in total. The zero-order valence-electron chi connectivity index (χ0n) is 14.4. The number of carbonyl (C=O) groups is 1. The fourth-order valence-corrected chi connectivity index (χ4v) is 2.53. The molecule has 0 amide bonds. The molecule has 3 aromatic rings. The minimum absolute atomic E-state index is 0.177. The molecule has 3 aromatic carbocycles. The number of carbonyl (C=O) groups excluding carboxylic acids is 1. The van der Waals surface area contributed by atoms with Crippen LogP contribution in [0.15, 0.2) is 30.3 Å². The van der Waals surface area contributed by atoms with Gasteiger partial charge in [0.1, 0.15) is 0 Å². The van der Waals surface area contributed by atoms with Crippen molar-refractivity contribution in [1.29, 1.82) is 0 Å². The summed E-state index contributed by atoms with van der Waals surface area (Å²) in [7, 11) is 2.85. The third kappa shape index (κ3) is 3.19. The van der Waals surface area contributed by atoms with E-state index in [4.69, 9.17) is 9.47 Å². The molecule has 0 saturated carbocycles. The Labute approximate surface area is 155 Å². The predicted octanol–water partition coefficient (Wildman–Crippen LogP) is 4.77. The van der Waals surface area contributed by atoms with Gasteiger partial charge in [-0.1, -0.05) is 6.07 Å². The summed E-state index contributed by atoms with van der Waals surface area (Å²) < 4.78 is 81.7. The first-order valence-corrected chi connectivity index (χ1v) is 7.67. The Hall–Kier alpha value is -3.36. The summed E-state index contributed by atoms with van der Waals surface area (Å²) in [6, 6.07) is 7.25. The van der Waals surface area contributed by atoms with Gasteiger partial charge in [0.05, 0.1) is 19.8 Å². The number of halogens is 5. The van der Waals surface area contributed by atoms with Crippen molar-refractivity contribution in [3.63, 3.8) is 0 Å². The van der Waals surface area contributed by atoms with Crippen LogP contribution in [0, 0.1) is 29.1 Å². The topological polar surface area (TPSA) is 44.8 Å². The molecule has 0 aliphatic carbocycles. The first-order valence-electron chi connectivity index (χ1n) is 7.67. The maximum absolute atomic E-state index is 13.7. The van der Waals surface area contributed by atoms with Gasteiger partial charge in [0.25, 0.3) is 0 Å². The van der Waals surface area contributed by atoms with Crippen LogP contribution in [0.5, 0.6) is 17.2 Å². The van der Waals surface area contributed by atoms with Crippen molar-refractivity contribution in [1.82, 2.24) is 0 Å². The number of hydrogen-bond acceptors (Lipinski definition) is 4. The lowest BCUT2D eigenvalue weighted by molar-refractivity contribution is 0.0716. The predicted molar refractivity (Wildman–Crippen MR) is 88.2 cm³/mol. The van der Waals surface area contributed by atoms with Crippen LogP contribution in [-0.2, 0) is 0 Å². The lowest BCUT2D eigenvalue weighted by Crippen LogP contribution is -2.13. The standard InChI is InChI=1S/C19H11F5O4/c1-26-11-6-8-3-4-9(5-10(8)7-12(11)27-2)19(25)28-18-16(23)14(21)13(20)15(22)17(18)24/h3-7H,1-2H3. The maximum Gasteiger partial charge on any atom is 0.343 e. The normalized spacial score (nSPS) is 10.8. The molecule has 0 saturated heterocycles. The van der Waals surface area contributed by atoms with Crippen LogP contribution < -0.4 is 14.2 Å². The summed E-state index contributed by atoms with van der Waals surface area (Å²) in [4.78, 5) is 12.2. The molecule has 28 heavy (non-hydrogen) atoms. The van der Waals surface area contributed by atoms with E-state index >= 15 is 0 Å². The Morgan fingerprint density at radius 2 is 1.21 bits per heavy atom. The Morgan fingerprint density at radius 1 is 0.714 bits per heavy atom. The Kier molecular flexibility index (Phi) is 5.08. The highest BCUT2D eigenvalue weighted by Gasteiger charge is 2.29. The molecule has 0 radical (unpaired) electrons. The summed E-state index contributed by atoms with van der Waals surface area (Å²) in [6.07, 6.45) is 0. The Balaban J connectivity index is 2.01. The first-order chi connectivity index (χ1) is 13.3. The molecular weight excluding hydrogens is 387 g/mol. The van der Waals surface area contributed by atoms with Crippen molar-refractivity contribution >= 4 is 16.7 Å². The van der Waals surface area contributed by atoms with Gasteiger partial charge in [-0.25, -0.2) is 18.0 Å². The Bertz CT molecular complexity index is 1070. The number of esters is 1. The largest absolute Gasteiger partial charge is 0.493 e. The molecule has 0 aliphatic rings. The van der Waals surface area contributed by atoms with E-state index in [1.807, 2.05) is 0 Å². The van der Waals surface area contributed by atoms with Gasteiger partial charge in [0, 0.05) is 0 Å². The molecule has 0 heterocycles. The average Bonchev–Trinajstić information content (AvgIpc) is 2.72. The quantitative estimate of drug-likeness (QED) is 0.209. The van der Waals surface area contributed by atoms with Crippen LogP contribution in [0.3, 0.4) is 0 Å². The highest BCUT2D eigenvalue weighted by Crippen LogP contribution is 2.33. The third-order valence-electron chi connectivity index (χ3n) is 3.94. The second-order valence-corrected chi connectivity index (χ2v) is 5.56. The van der Waals surface area contributed by atoms with Crippen LogP contribution in [0.1, 0.15) is 10.4 Å². The molecule has 0 atom stereocenters. The highest BCUT2D eigenvalue weighted by molar-refractivity contribution is 5.97. The SMILES string of the molecule is COc1cc2ccc(C(=O)Oc3c(F)c(F)c(F)c(F)c3F)cc2cc1OC. The van der Waals surface area contributed by atoms with Crippen molar-refractivity contribution < 1.29 is 41.0 Å². The molecule has 3 rings (SSSR count). The van der Waals surface area contributed by atoms with Crippen LogP contribution in [0.2, 0.25) is 0 Å². The molecule has 146 valence electrons. The molecule has 0 aromatic heterocycles. The van der Waals surface area contributed by atoms with Gasteiger partial charge in [-0.05, 0) is 35.0 Å². The van der Waals surface area contributed by atoms with Gasteiger partial charge in [0.15, 0.2) is 11.5 Å². The van der Waals surface area contributed by atoms with Crippen LogP contribution in [0.4, 0.5) is 22.0 Å². The van der Waals surface area contributed by atoms with Gasteiger partial charge in [-0.15, -0.1) is 0 Å². The fourth-order valence-electron chi connectivity index (χ4n) is 2.53. The van der Waals surface area contributed by atoms with E-state index in [9.17, 15) is 26.7 Å². The number of ether oxygens (including phenoxy) is 3. The minimum atomic E-state index is -2.35. The van der Waals surface area contributed by atoms with Gasteiger partial charge >= 0.3 is 5.97 Å². The maximum atomic E-state index is 13.7. The summed E-state index contributed by atoms with van der Waals surface area (Å²) in [5.74, 6) is -13.4. The molecule has 0 fully saturated rings. The van der Waals surface area contributed by atoms with E-state index in [-0.39, 0.29) is 5.56 Å². The van der Waals surface area contributed by atoms with Crippen molar-refractivity contribution in [2.45, 2.75) is 0 Å². The number of hydrogen-bond donors (Lipinski definition) is 0. The van der Waals surface area contributed by atoms with Crippen LogP contribution >= 0.6 is 0 Å². The number of fused-ring (bicyclic) bond motifs is 1. The van der Waals surface area contributed by atoms with Gasteiger partial charge in [0.2, 0.25) is 34.8 Å². The van der Waals surface area contributed by atoms with Crippen LogP contribution in [-0.4, -0.2) is 20.2 Å². The summed E-state index contributed by atoms with van der Waals surface area (Å²) in [6.45, 7) is 0. The van der Waals surface area contributed by atoms with E-state index in [2.05, 4.69) is 4.74 Å². The van der Waals surface area contributed by atoms with Gasteiger partial charge in [-0.3, -0.25) is 0 Å². The van der Waals surface area contributed by atoms with E-state index in [1.54, 1.807) is 12.1 Å². The van der Waals surface area contributed by atoms with Crippen molar-refractivity contribution in [2.24, 2.45) is 0 Å². The first kappa shape index (κ1) is 19.4. The number of methoxy groups -OCH3 is 2. The number of benzene rings is 3. The second-order valence-electron chi connectivity index (χ2n) is 5.56. The van der Waals surface area contributed by atoms with E-state index in [0.29, 0.717) is 22.3 Å². The molecular formula is C19H11F5O4. The highest BCUT2D eigenvalue weighted by atomic mass is 19.2. The molecule has 0 unspecified atom stereocenters. The van der Waals surface area contributed by atoms with E-state index in [0.717, 1.165) is 0 Å². The zero-order chi connectivity index (χ0) is 20.6. The van der Waals surface area contributed by atoms with Gasteiger partial charge < -0.3 is 14.2 Å². The fraction of sp³-hybridized carbons (Fsp3) is 0.105.